The molecule has 1 rings (SSSR count). The molecule has 0 aromatic carbocycles. The van der Waals surface area contributed by atoms with Crippen LogP contribution in [0.2, 0.25) is 0 Å². The van der Waals surface area contributed by atoms with Crippen LogP contribution in [0.4, 0.5) is 0 Å². The van der Waals surface area contributed by atoms with Crippen molar-refractivity contribution in [2.75, 3.05) is 13.1 Å². The van der Waals surface area contributed by atoms with Crippen LogP contribution >= 0.6 is 0 Å². The lowest BCUT2D eigenvalue weighted by atomic mass is 9.83. The molecule has 1 N–H and O–H groups in total. The van der Waals surface area contributed by atoms with Gasteiger partial charge < -0.3 is 5.11 Å². The summed E-state index contributed by atoms with van der Waals surface area (Å²) >= 11 is 0. The van der Waals surface area contributed by atoms with E-state index in [1.807, 2.05) is 18.7 Å². The zero-order chi connectivity index (χ0) is 11.5. The van der Waals surface area contributed by atoms with E-state index in [9.17, 15) is 9.90 Å². The molecule has 1 aliphatic heterocycles. The van der Waals surface area contributed by atoms with Crippen LogP contribution in [-0.2, 0) is 4.79 Å². The van der Waals surface area contributed by atoms with Gasteiger partial charge in [0.25, 0.3) is 0 Å². The Bertz CT molecular complexity index is 285. The minimum absolute atomic E-state index is 0.178. The predicted molar refractivity (Wildman–Crippen MR) is 56.2 cm³/mol. The molecular formula is C11H18N2O2. The molecule has 0 aromatic rings. The molecule has 0 spiro atoms. The van der Waals surface area contributed by atoms with Crippen molar-refractivity contribution in [2.45, 2.75) is 39.2 Å². The van der Waals surface area contributed by atoms with Crippen LogP contribution < -0.4 is 0 Å². The molecule has 15 heavy (non-hydrogen) atoms. The fraction of sp³-hybridized carbons (Fsp3) is 0.818. The molecule has 4 nitrogen and oxygen atoms in total. The van der Waals surface area contributed by atoms with Gasteiger partial charge in [-0.25, -0.2) is 0 Å². The summed E-state index contributed by atoms with van der Waals surface area (Å²) in [6, 6.07) is 1.98. The van der Waals surface area contributed by atoms with Gasteiger partial charge in [-0.15, -0.1) is 0 Å². The van der Waals surface area contributed by atoms with Crippen LogP contribution in [0.5, 0.6) is 0 Å². The Morgan fingerprint density at radius 3 is 2.87 bits per heavy atom. The van der Waals surface area contributed by atoms with Gasteiger partial charge in [-0.3, -0.25) is 9.69 Å². The van der Waals surface area contributed by atoms with Gasteiger partial charge in [-0.2, -0.15) is 5.26 Å². The molecule has 0 aliphatic carbocycles. The molecule has 4 heteroatoms. The third-order valence-electron chi connectivity index (χ3n) is 3.30. The number of hydrogen-bond donors (Lipinski definition) is 1. The molecule has 1 heterocycles. The summed E-state index contributed by atoms with van der Waals surface area (Å²) < 4.78 is 0. The van der Waals surface area contributed by atoms with Gasteiger partial charge in [0.2, 0.25) is 0 Å². The summed E-state index contributed by atoms with van der Waals surface area (Å²) in [7, 11) is 0. The maximum Gasteiger partial charge on any atom is 0.310 e. The quantitative estimate of drug-likeness (QED) is 0.763. The Morgan fingerprint density at radius 1 is 1.73 bits per heavy atom. The standard InChI is InChI=1S/C11H18N2O2/c1-3-4-11(10(14)15)5-6-13(8-11)9(2)7-12/h9H,3-6,8H2,1-2H3,(H,14,15). The van der Waals surface area contributed by atoms with Crippen LogP contribution in [0.25, 0.3) is 0 Å². The van der Waals surface area contributed by atoms with Gasteiger partial charge >= 0.3 is 5.97 Å². The lowest BCUT2D eigenvalue weighted by Gasteiger charge is -2.25. The maximum atomic E-state index is 11.3. The van der Waals surface area contributed by atoms with Crippen molar-refractivity contribution in [2.24, 2.45) is 5.41 Å². The third-order valence-corrected chi connectivity index (χ3v) is 3.30. The summed E-state index contributed by atoms with van der Waals surface area (Å²) in [6.45, 7) is 5.07. The summed E-state index contributed by atoms with van der Waals surface area (Å²) in [5.74, 6) is -0.711. The van der Waals surface area contributed by atoms with Gasteiger partial charge in [-0.05, 0) is 19.8 Å². The first-order chi connectivity index (χ1) is 7.05. The van der Waals surface area contributed by atoms with E-state index in [0.29, 0.717) is 19.4 Å². The van der Waals surface area contributed by atoms with Crippen LogP contribution in [0.1, 0.15) is 33.1 Å². The largest absolute Gasteiger partial charge is 0.481 e. The lowest BCUT2D eigenvalue weighted by molar-refractivity contribution is -0.148. The molecular weight excluding hydrogens is 192 g/mol. The van der Waals surface area contributed by atoms with E-state index in [1.54, 1.807) is 0 Å². The van der Waals surface area contributed by atoms with Crippen molar-refractivity contribution in [1.82, 2.24) is 4.90 Å². The smallest absolute Gasteiger partial charge is 0.310 e. The van der Waals surface area contributed by atoms with Gasteiger partial charge in [0, 0.05) is 13.1 Å². The SMILES string of the molecule is CCCC1(C(=O)O)CCN(C(C)C#N)C1. The second-order valence-corrected chi connectivity index (χ2v) is 4.36. The predicted octanol–water partition coefficient (Wildman–Crippen LogP) is 1.48. The van der Waals surface area contributed by atoms with E-state index in [0.717, 1.165) is 13.0 Å². The van der Waals surface area contributed by atoms with Crippen LogP contribution in [-0.4, -0.2) is 35.1 Å². The highest BCUT2D eigenvalue weighted by atomic mass is 16.4. The van der Waals surface area contributed by atoms with E-state index in [-0.39, 0.29) is 6.04 Å². The summed E-state index contributed by atoms with van der Waals surface area (Å²) in [5, 5.41) is 18.1. The first-order valence-electron chi connectivity index (χ1n) is 5.43. The highest BCUT2D eigenvalue weighted by Crippen LogP contribution is 2.36. The first kappa shape index (κ1) is 12.0. The number of nitrogens with zero attached hydrogens (tertiary/aromatic N) is 2. The van der Waals surface area contributed by atoms with E-state index in [1.165, 1.54) is 0 Å². The molecule has 0 bridgehead atoms. The number of aliphatic carboxylic acids is 1. The summed E-state index contributed by atoms with van der Waals surface area (Å²) in [4.78, 5) is 13.2. The third kappa shape index (κ3) is 2.29. The van der Waals surface area contributed by atoms with Crippen LogP contribution in [0, 0.1) is 16.7 Å². The highest BCUT2D eigenvalue weighted by molar-refractivity contribution is 5.75. The van der Waals surface area contributed by atoms with Gasteiger partial charge in [-0.1, -0.05) is 13.3 Å². The number of carbonyl (C=O) groups is 1. The monoisotopic (exact) mass is 210 g/mol. The first-order valence-corrected chi connectivity index (χ1v) is 5.43. The molecule has 2 atom stereocenters. The second-order valence-electron chi connectivity index (χ2n) is 4.36. The van der Waals surface area contributed by atoms with Crippen LogP contribution in [0.3, 0.4) is 0 Å². The topological polar surface area (TPSA) is 64.3 Å². The number of hydrogen-bond acceptors (Lipinski definition) is 3. The average molecular weight is 210 g/mol. The highest BCUT2D eigenvalue weighted by Gasteiger charge is 2.44. The normalized spacial score (nSPS) is 28.6. The summed E-state index contributed by atoms with van der Waals surface area (Å²) in [6.07, 6.45) is 2.25. The zero-order valence-electron chi connectivity index (χ0n) is 9.36. The molecule has 1 aliphatic rings. The average Bonchev–Trinajstić information content (AvgIpc) is 2.63. The number of carboxylic acid groups (broad SMARTS) is 1. The number of rotatable bonds is 4. The Morgan fingerprint density at radius 2 is 2.40 bits per heavy atom. The Labute approximate surface area is 90.5 Å². The van der Waals surface area contributed by atoms with E-state index in [2.05, 4.69) is 6.07 Å². The minimum Gasteiger partial charge on any atom is -0.481 e. The van der Waals surface area contributed by atoms with Crippen molar-refractivity contribution < 1.29 is 9.90 Å². The molecule has 2 unspecified atom stereocenters. The molecule has 0 amide bonds. The fourth-order valence-corrected chi connectivity index (χ4v) is 2.28. The van der Waals surface area contributed by atoms with Crippen molar-refractivity contribution in [3.63, 3.8) is 0 Å². The molecule has 0 aromatic heterocycles. The summed E-state index contributed by atoms with van der Waals surface area (Å²) in [5.41, 5.74) is -0.611. The van der Waals surface area contributed by atoms with Crippen molar-refractivity contribution >= 4 is 5.97 Å². The van der Waals surface area contributed by atoms with Crippen LogP contribution in [0.15, 0.2) is 0 Å². The Kier molecular flexibility index (Phi) is 3.70. The van der Waals surface area contributed by atoms with Crippen molar-refractivity contribution in [3.05, 3.63) is 0 Å². The Hall–Kier alpha value is -1.08. The number of carboxylic acids is 1. The molecule has 84 valence electrons. The van der Waals surface area contributed by atoms with E-state index < -0.39 is 11.4 Å². The molecule has 0 saturated carbocycles. The van der Waals surface area contributed by atoms with E-state index in [4.69, 9.17) is 5.26 Å². The number of nitriles is 1. The molecule has 0 radical (unpaired) electrons. The molecule has 1 saturated heterocycles. The van der Waals surface area contributed by atoms with Crippen molar-refractivity contribution in [3.8, 4) is 6.07 Å². The maximum absolute atomic E-state index is 11.3. The number of likely N-dealkylation sites (tertiary alicyclic amines) is 1. The fourth-order valence-electron chi connectivity index (χ4n) is 2.28. The second kappa shape index (κ2) is 4.63. The Balaban J connectivity index is 2.73. The molecule has 1 fully saturated rings. The zero-order valence-corrected chi connectivity index (χ0v) is 9.36. The van der Waals surface area contributed by atoms with Gasteiger partial charge in [0.05, 0.1) is 17.5 Å². The lowest BCUT2D eigenvalue weighted by Crippen LogP contribution is -2.37. The van der Waals surface area contributed by atoms with Gasteiger partial charge in [0.15, 0.2) is 0 Å². The van der Waals surface area contributed by atoms with Gasteiger partial charge in [0.1, 0.15) is 0 Å². The minimum atomic E-state index is -0.711. The van der Waals surface area contributed by atoms with Crippen molar-refractivity contribution in [1.29, 1.82) is 5.26 Å². The van der Waals surface area contributed by atoms with E-state index >= 15 is 0 Å².